The molecule has 7 N–H and O–H groups in total. The van der Waals surface area contributed by atoms with Crippen molar-refractivity contribution in [2.45, 2.75) is 62.3 Å². The molecule has 74 heavy (non-hydrogen) atoms. The van der Waals surface area contributed by atoms with Gasteiger partial charge in [-0.15, -0.1) is 0 Å². The van der Waals surface area contributed by atoms with E-state index in [0.717, 1.165) is 39.6 Å². The van der Waals surface area contributed by atoms with Gasteiger partial charge >= 0.3 is 17.3 Å². The summed E-state index contributed by atoms with van der Waals surface area (Å²) in [6, 6.07) is 19.6. The van der Waals surface area contributed by atoms with Crippen LogP contribution in [-0.4, -0.2) is 75.4 Å². The number of carbonyl (C=O) groups excluding carboxylic acids is 2. The molecule has 2 amide bonds. The summed E-state index contributed by atoms with van der Waals surface area (Å²) in [4.78, 5) is 56.5. The number of amides is 2. The lowest BCUT2D eigenvalue weighted by Crippen LogP contribution is -2.15. The van der Waals surface area contributed by atoms with E-state index in [2.05, 4.69) is 10.6 Å². The topological polar surface area (TPSA) is 289 Å². The summed E-state index contributed by atoms with van der Waals surface area (Å²) in [7, 11) is 8.90. The third-order valence-corrected chi connectivity index (χ3v) is 12.1. The summed E-state index contributed by atoms with van der Waals surface area (Å²) >= 11 is 0. The summed E-state index contributed by atoms with van der Waals surface area (Å²) in [5.41, 5.74) is 22.0. The number of aryl methyl sites for hydroxylation is 3. The average Bonchev–Trinajstić information content (AvgIpc) is 3.35. The largest absolute Gasteiger partial charge is 0.494 e. The van der Waals surface area contributed by atoms with E-state index < -0.39 is 21.7 Å². The lowest BCUT2D eigenvalue weighted by molar-refractivity contribution is -0.385. The van der Waals surface area contributed by atoms with E-state index in [9.17, 15) is 34.6 Å². The molecule has 0 heterocycles. The second kappa shape index (κ2) is 26.4. The molecule has 20 nitrogen and oxygen atoms in total. The highest BCUT2D eigenvalue weighted by atomic mass is 16.6. The van der Waals surface area contributed by atoms with Gasteiger partial charge in [0.2, 0.25) is 11.5 Å². The van der Waals surface area contributed by atoms with E-state index in [-0.39, 0.29) is 39.9 Å². The number of aromatic carboxylic acids is 1. The number of nitro groups is 2. The van der Waals surface area contributed by atoms with Crippen LogP contribution < -0.4 is 50.5 Å². The van der Waals surface area contributed by atoms with E-state index in [1.807, 2.05) is 78.8 Å². The first-order valence-corrected chi connectivity index (χ1v) is 22.5. The molecule has 0 aliphatic carbocycles. The molecule has 0 radical (unpaired) electrons. The molecule has 0 atom stereocenters. The maximum absolute atomic E-state index is 12.7. The van der Waals surface area contributed by atoms with Crippen molar-refractivity contribution in [3.05, 3.63) is 160 Å². The van der Waals surface area contributed by atoms with Crippen LogP contribution in [0.1, 0.15) is 81.1 Å². The summed E-state index contributed by atoms with van der Waals surface area (Å²) < 4.78 is 31.2. The van der Waals surface area contributed by atoms with Crippen LogP contribution >= 0.6 is 0 Å². The van der Waals surface area contributed by atoms with Crippen molar-refractivity contribution in [1.29, 1.82) is 0 Å². The molecule has 20 heteroatoms. The number of carbonyl (C=O) groups is 3. The molecule has 0 saturated carbocycles. The van der Waals surface area contributed by atoms with Crippen LogP contribution in [0.3, 0.4) is 0 Å². The van der Waals surface area contributed by atoms with Crippen molar-refractivity contribution < 1.29 is 57.8 Å². The fourth-order valence-corrected chi connectivity index (χ4v) is 7.63. The summed E-state index contributed by atoms with van der Waals surface area (Å²) in [5, 5.41) is 36.1. The van der Waals surface area contributed by atoms with Gasteiger partial charge in [0.25, 0.3) is 11.8 Å². The number of nitrogens with one attached hydrogen (secondary N) is 2. The molecule has 0 aliphatic rings. The Hall–Kier alpha value is -9.07. The second-order valence-electron chi connectivity index (χ2n) is 16.5. The zero-order valence-electron chi connectivity index (χ0n) is 44.2. The quantitative estimate of drug-likeness (QED) is 0.0408. The van der Waals surface area contributed by atoms with Gasteiger partial charge in [-0.25, -0.2) is 4.79 Å². The lowest BCUT2D eigenvalue weighted by Gasteiger charge is -2.16. The highest BCUT2D eigenvalue weighted by Crippen LogP contribution is 2.37. The van der Waals surface area contributed by atoms with Crippen LogP contribution in [0.4, 0.5) is 34.1 Å². The maximum Gasteiger partial charge on any atom is 0.336 e. The number of rotatable bonds is 13. The Bertz CT molecular complexity index is 3080. The Kier molecular flexibility index (Phi) is 21.1. The van der Waals surface area contributed by atoms with E-state index in [0.29, 0.717) is 62.3 Å². The van der Waals surface area contributed by atoms with Crippen molar-refractivity contribution in [2.24, 2.45) is 0 Å². The number of carboxylic acid groups (broad SMARTS) is 1. The van der Waals surface area contributed by atoms with Crippen molar-refractivity contribution in [3.63, 3.8) is 0 Å². The molecule has 0 saturated heterocycles. The van der Waals surface area contributed by atoms with Gasteiger partial charge in [-0.1, -0.05) is 18.2 Å². The number of anilines is 4. The molecular weight excluding hydrogens is 957 g/mol. The van der Waals surface area contributed by atoms with Gasteiger partial charge in [0.15, 0.2) is 0 Å². The molecule has 0 fully saturated rings. The third-order valence-electron chi connectivity index (χ3n) is 12.1. The highest BCUT2D eigenvalue weighted by molar-refractivity contribution is 6.07. The monoisotopic (exact) mass is 1020 g/mol. The van der Waals surface area contributed by atoms with E-state index in [1.54, 1.807) is 39.3 Å². The molecule has 6 rings (SSSR count). The lowest BCUT2D eigenvalue weighted by atomic mass is 10.0. The molecule has 394 valence electrons. The minimum Gasteiger partial charge on any atom is -0.494 e. The Labute approximate surface area is 429 Å². The van der Waals surface area contributed by atoms with E-state index in [1.165, 1.54) is 59.1 Å². The first-order valence-electron chi connectivity index (χ1n) is 22.5. The maximum atomic E-state index is 12.7. The number of nitrogens with zero attached hydrogens (tertiary/aromatic N) is 2. The highest BCUT2D eigenvalue weighted by Gasteiger charge is 2.24. The molecule has 6 aromatic rings. The SMILES string of the molecule is COc1c(N)ccc(C(=O)Nc2ccc(C)c(C)c2OC)c1C.COc1c(N)ccc(C)c1C.COc1c(NC(=O)c2ccc([N+](=O)[O-])c(OC)c2C)ccc(C)c1C.COc1c([N+](=O)[O-])ccc(C(=O)O)c1C. The first-order chi connectivity index (χ1) is 34.9. The van der Waals surface area contributed by atoms with Crippen LogP contribution in [-0.2, 0) is 0 Å². The molecule has 0 spiro atoms. The Balaban J connectivity index is 0.000000272. The Morgan fingerprint density at radius 2 is 0.703 bits per heavy atom. The van der Waals surface area contributed by atoms with Crippen LogP contribution in [0.15, 0.2) is 72.8 Å². The standard InChI is InChI=1S/C18H20N2O5.C18H22N2O3.C9H9NO5.C9H13NO/c1-10-6-8-14(16(24-4)11(10)2)19-18(21)13-7-9-15(20(22)23)17(25-5)12(13)3;1-10-6-9-15(17(23-5)11(10)2)20-18(21)13-7-8-14(19)16(22-4)12(13)3;1-5-6(9(11)12)3-4-7(10(13)14)8(5)15-2;1-6-4-5-8(10)9(11-3)7(6)2/h6-9H,1-5H3,(H,19,21);6-9H,19H2,1-5H3,(H,20,21);3-4H,1-2H3,(H,11,12);4-5H,10H2,1-3H3. The van der Waals surface area contributed by atoms with Crippen LogP contribution in [0.25, 0.3) is 0 Å². The Morgan fingerprint density at radius 1 is 0.419 bits per heavy atom. The number of nitrogen functional groups attached to an aromatic ring is 2. The molecule has 6 aromatic carbocycles. The minimum atomic E-state index is -1.14. The second-order valence-corrected chi connectivity index (χ2v) is 16.5. The molecule has 0 unspecified atom stereocenters. The number of nitrogens with two attached hydrogens (primary N) is 2. The normalized spacial score (nSPS) is 10.1. The van der Waals surface area contributed by atoms with Crippen LogP contribution in [0.5, 0.6) is 34.5 Å². The Morgan fingerprint density at radius 3 is 1.04 bits per heavy atom. The van der Waals surface area contributed by atoms with Crippen molar-refractivity contribution in [2.75, 3.05) is 64.8 Å². The number of benzene rings is 6. The van der Waals surface area contributed by atoms with Gasteiger partial charge in [0.1, 0.15) is 23.0 Å². The van der Waals surface area contributed by atoms with Gasteiger partial charge < -0.3 is 55.6 Å². The first kappa shape index (κ1) is 59.2. The molecule has 0 bridgehead atoms. The number of methoxy groups -OCH3 is 6. The fraction of sp³-hybridized carbons (Fsp3) is 0.278. The minimum absolute atomic E-state index is 0.00236. The van der Waals surface area contributed by atoms with Crippen molar-refractivity contribution in [3.8, 4) is 34.5 Å². The van der Waals surface area contributed by atoms with Crippen molar-refractivity contribution in [1.82, 2.24) is 0 Å². The molecule has 0 aliphatic heterocycles. The number of carboxylic acids is 1. The predicted molar refractivity (Wildman–Crippen MR) is 286 cm³/mol. The van der Waals surface area contributed by atoms with Gasteiger partial charge in [-0.2, -0.15) is 0 Å². The number of hydrogen-bond donors (Lipinski definition) is 5. The van der Waals surface area contributed by atoms with Crippen LogP contribution in [0.2, 0.25) is 0 Å². The zero-order chi connectivity index (χ0) is 55.9. The number of nitro benzene ring substituents is 2. The van der Waals surface area contributed by atoms with E-state index in [4.69, 9.17) is 45.0 Å². The van der Waals surface area contributed by atoms with Gasteiger partial charge in [-0.3, -0.25) is 29.8 Å². The van der Waals surface area contributed by atoms with E-state index >= 15 is 0 Å². The van der Waals surface area contributed by atoms with Gasteiger partial charge in [0, 0.05) is 39.9 Å². The summed E-state index contributed by atoms with van der Waals surface area (Å²) in [6.07, 6.45) is 0. The van der Waals surface area contributed by atoms with Gasteiger partial charge in [0.05, 0.1) is 80.8 Å². The van der Waals surface area contributed by atoms with Gasteiger partial charge in [-0.05, 0) is 138 Å². The smallest absolute Gasteiger partial charge is 0.336 e. The average molecular weight is 1020 g/mol. The summed E-state index contributed by atoms with van der Waals surface area (Å²) in [6.45, 7) is 16.7. The number of ether oxygens (including phenoxy) is 6. The fourth-order valence-electron chi connectivity index (χ4n) is 7.63. The summed E-state index contributed by atoms with van der Waals surface area (Å²) in [5.74, 6) is 0.855. The number of hydrogen-bond acceptors (Lipinski definition) is 15. The molecule has 0 aromatic heterocycles. The third kappa shape index (κ3) is 13.7. The zero-order valence-corrected chi connectivity index (χ0v) is 44.2. The predicted octanol–water partition coefficient (Wildman–Crippen LogP) is 10.8. The molecular formula is C54H64N6O14. The van der Waals surface area contributed by atoms with Crippen molar-refractivity contribution >= 4 is 51.9 Å². The van der Waals surface area contributed by atoms with Crippen LogP contribution in [0, 0.1) is 82.5 Å².